The van der Waals surface area contributed by atoms with Gasteiger partial charge in [0.1, 0.15) is 6.10 Å². The lowest BCUT2D eigenvalue weighted by atomic mass is 9.95. The first-order chi connectivity index (χ1) is 16.7. The lowest BCUT2D eigenvalue weighted by Gasteiger charge is -2.17. The summed E-state index contributed by atoms with van der Waals surface area (Å²) in [6.07, 6.45) is 6.49. The predicted molar refractivity (Wildman–Crippen MR) is 134 cm³/mol. The van der Waals surface area contributed by atoms with Crippen LogP contribution in [0.15, 0.2) is 85.0 Å². The summed E-state index contributed by atoms with van der Waals surface area (Å²) in [7, 11) is 0. The lowest BCUT2D eigenvalue weighted by Crippen LogP contribution is -2.17. The molecule has 6 heteroatoms. The van der Waals surface area contributed by atoms with Crippen LogP contribution in [0.4, 0.5) is 4.39 Å². The Labute approximate surface area is 205 Å². The molecule has 182 valence electrons. The van der Waals surface area contributed by atoms with Gasteiger partial charge in [0, 0.05) is 24.0 Å². The SMILES string of the molecule is C=C(C)C(=O)OCCCOc1ccc(-c2cccc(C3=CCC(OC(=O)C(=C)C)C=C3)c2)cc1F. The Bertz CT molecular complexity index is 1190. The van der Waals surface area contributed by atoms with Gasteiger partial charge in [0.05, 0.1) is 13.2 Å². The first-order valence-electron chi connectivity index (χ1n) is 11.3. The predicted octanol–water partition coefficient (Wildman–Crippen LogP) is 6.21. The van der Waals surface area contributed by atoms with Gasteiger partial charge in [0.15, 0.2) is 11.6 Å². The highest BCUT2D eigenvalue weighted by atomic mass is 19.1. The van der Waals surface area contributed by atoms with Crippen molar-refractivity contribution in [1.82, 2.24) is 0 Å². The molecule has 1 atom stereocenters. The molecule has 0 N–H and O–H groups in total. The van der Waals surface area contributed by atoms with Crippen molar-refractivity contribution in [3.63, 3.8) is 0 Å². The summed E-state index contributed by atoms with van der Waals surface area (Å²) in [6, 6.07) is 12.6. The number of rotatable bonds is 10. The van der Waals surface area contributed by atoms with Gasteiger partial charge in [-0.1, -0.05) is 49.6 Å². The molecule has 5 nitrogen and oxygen atoms in total. The number of ether oxygens (including phenoxy) is 3. The minimum Gasteiger partial charge on any atom is -0.490 e. The maximum absolute atomic E-state index is 14.6. The lowest BCUT2D eigenvalue weighted by molar-refractivity contribution is -0.142. The van der Waals surface area contributed by atoms with Crippen molar-refractivity contribution in [3.8, 4) is 16.9 Å². The van der Waals surface area contributed by atoms with Crippen molar-refractivity contribution in [1.29, 1.82) is 0 Å². The quantitative estimate of drug-likeness (QED) is 0.232. The Kier molecular flexibility index (Phi) is 8.79. The topological polar surface area (TPSA) is 61.8 Å². The number of esters is 2. The summed E-state index contributed by atoms with van der Waals surface area (Å²) in [5, 5.41) is 0. The van der Waals surface area contributed by atoms with E-state index in [2.05, 4.69) is 13.2 Å². The van der Waals surface area contributed by atoms with Crippen LogP contribution in [0.2, 0.25) is 0 Å². The molecule has 0 amide bonds. The van der Waals surface area contributed by atoms with Crippen LogP contribution in [0.1, 0.15) is 32.3 Å². The molecule has 0 radical (unpaired) electrons. The highest BCUT2D eigenvalue weighted by Gasteiger charge is 2.15. The van der Waals surface area contributed by atoms with Gasteiger partial charge in [-0.3, -0.25) is 0 Å². The van der Waals surface area contributed by atoms with Crippen molar-refractivity contribution in [2.45, 2.75) is 32.8 Å². The van der Waals surface area contributed by atoms with E-state index in [9.17, 15) is 14.0 Å². The molecule has 2 aromatic carbocycles. The molecule has 0 fully saturated rings. The van der Waals surface area contributed by atoms with Crippen molar-refractivity contribution in [2.75, 3.05) is 13.2 Å². The van der Waals surface area contributed by atoms with Gasteiger partial charge >= 0.3 is 11.9 Å². The second kappa shape index (κ2) is 12.0. The summed E-state index contributed by atoms with van der Waals surface area (Å²) < 4.78 is 30.5. The number of allylic oxidation sites excluding steroid dienone is 2. The van der Waals surface area contributed by atoms with E-state index in [0.717, 1.165) is 22.3 Å². The maximum Gasteiger partial charge on any atom is 0.333 e. The number of benzene rings is 2. The van der Waals surface area contributed by atoms with E-state index in [1.165, 1.54) is 6.07 Å². The Morgan fingerprint density at radius 1 is 0.971 bits per heavy atom. The largest absolute Gasteiger partial charge is 0.490 e. The molecule has 0 spiro atoms. The molecule has 1 unspecified atom stereocenters. The number of carbonyl (C=O) groups is 2. The van der Waals surface area contributed by atoms with Gasteiger partial charge in [-0.25, -0.2) is 14.0 Å². The summed E-state index contributed by atoms with van der Waals surface area (Å²) >= 11 is 0. The summed E-state index contributed by atoms with van der Waals surface area (Å²) in [5.41, 5.74) is 4.27. The van der Waals surface area contributed by atoms with Crippen molar-refractivity contribution >= 4 is 17.5 Å². The van der Waals surface area contributed by atoms with Crippen molar-refractivity contribution in [3.05, 3.63) is 96.4 Å². The number of hydrogen-bond acceptors (Lipinski definition) is 5. The fourth-order valence-corrected chi connectivity index (χ4v) is 3.35. The van der Waals surface area contributed by atoms with Crippen LogP contribution in [0.5, 0.6) is 5.75 Å². The normalized spacial score (nSPS) is 14.6. The van der Waals surface area contributed by atoms with E-state index >= 15 is 0 Å². The number of hydrogen-bond donors (Lipinski definition) is 0. The minimum absolute atomic E-state index is 0.143. The van der Waals surface area contributed by atoms with E-state index in [-0.39, 0.29) is 25.1 Å². The third kappa shape index (κ3) is 7.27. The molecular weight excluding hydrogens is 447 g/mol. The average Bonchev–Trinajstić information content (AvgIpc) is 2.85. The van der Waals surface area contributed by atoms with Gasteiger partial charge in [-0.15, -0.1) is 0 Å². The Morgan fingerprint density at radius 2 is 1.69 bits per heavy atom. The highest BCUT2D eigenvalue weighted by Crippen LogP contribution is 2.30. The van der Waals surface area contributed by atoms with Gasteiger partial charge in [0.25, 0.3) is 0 Å². The van der Waals surface area contributed by atoms with Crippen molar-refractivity contribution < 1.29 is 28.2 Å². The smallest absolute Gasteiger partial charge is 0.333 e. The molecule has 35 heavy (non-hydrogen) atoms. The van der Waals surface area contributed by atoms with Gasteiger partial charge in [0.2, 0.25) is 0 Å². The zero-order chi connectivity index (χ0) is 25.4. The number of halogens is 1. The monoisotopic (exact) mass is 476 g/mol. The second-order valence-corrected chi connectivity index (χ2v) is 8.32. The van der Waals surface area contributed by atoms with Crippen LogP contribution >= 0.6 is 0 Å². The molecule has 0 aromatic heterocycles. The molecule has 2 aromatic rings. The van der Waals surface area contributed by atoms with E-state index in [1.807, 2.05) is 42.5 Å². The molecule has 3 rings (SSSR count). The first-order valence-corrected chi connectivity index (χ1v) is 11.3. The third-order valence-corrected chi connectivity index (χ3v) is 5.26. The van der Waals surface area contributed by atoms with Gasteiger partial charge in [-0.05, 0) is 60.4 Å². The van der Waals surface area contributed by atoms with E-state index in [4.69, 9.17) is 14.2 Å². The summed E-state index contributed by atoms with van der Waals surface area (Å²) in [5.74, 6) is -1.18. The maximum atomic E-state index is 14.6. The molecule has 0 saturated heterocycles. The molecule has 1 aliphatic carbocycles. The fourth-order valence-electron chi connectivity index (χ4n) is 3.35. The Hall–Kier alpha value is -3.93. The standard InChI is InChI=1S/C29H29FO5/c1-19(2)28(31)34-16-6-15-33-27-14-11-24(18-26(27)30)23-8-5-7-22(17-23)21-9-12-25(13-10-21)35-29(32)20(3)4/h5,7-12,14,17-18,25H,1,3,6,13,15-16H2,2,4H3. The van der Waals surface area contributed by atoms with Gasteiger partial charge in [-0.2, -0.15) is 0 Å². The fraction of sp³-hybridized carbons (Fsp3) is 0.241. The number of carbonyl (C=O) groups excluding carboxylic acids is 2. The average molecular weight is 477 g/mol. The van der Waals surface area contributed by atoms with Crippen LogP contribution in [-0.2, 0) is 19.1 Å². The van der Waals surface area contributed by atoms with Crippen LogP contribution in [0.25, 0.3) is 16.7 Å². The van der Waals surface area contributed by atoms with E-state index in [1.54, 1.807) is 26.0 Å². The third-order valence-electron chi connectivity index (χ3n) is 5.26. The van der Waals surface area contributed by atoms with Crippen LogP contribution in [-0.4, -0.2) is 31.3 Å². The zero-order valence-electron chi connectivity index (χ0n) is 20.0. The van der Waals surface area contributed by atoms with E-state index in [0.29, 0.717) is 24.0 Å². The molecule has 0 saturated carbocycles. The second-order valence-electron chi connectivity index (χ2n) is 8.32. The first kappa shape index (κ1) is 25.7. The zero-order valence-corrected chi connectivity index (χ0v) is 20.0. The van der Waals surface area contributed by atoms with Crippen LogP contribution in [0.3, 0.4) is 0 Å². The molecule has 0 heterocycles. The molecule has 0 aliphatic heterocycles. The van der Waals surface area contributed by atoms with Crippen LogP contribution < -0.4 is 4.74 Å². The van der Waals surface area contributed by atoms with Gasteiger partial charge < -0.3 is 14.2 Å². The molecular formula is C29H29FO5. The van der Waals surface area contributed by atoms with Crippen LogP contribution in [0, 0.1) is 5.82 Å². The summed E-state index contributed by atoms with van der Waals surface area (Å²) in [6.45, 7) is 10.7. The molecule has 1 aliphatic rings. The Balaban J connectivity index is 1.60. The van der Waals surface area contributed by atoms with E-state index < -0.39 is 17.8 Å². The van der Waals surface area contributed by atoms with Crippen molar-refractivity contribution in [2.24, 2.45) is 0 Å². The summed E-state index contributed by atoms with van der Waals surface area (Å²) in [4.78, 5) is 23.1. The minimum atomic E-state index is -0.467. The Morgan fingerprint density at radius 3 is 2.34 bits per heavy atom. The highest BCUT2D eigenvalue weighted by molar-refractivity contribution is 5.87. The molecule has 0 bridgehead atoms.